The lowest BCUT2D eigenvalue weighted by atomic mass is 9.97. The molecular weight excluding hydrogens is 719 g/mol. The first-order valence-electron chi connectivity index (χ1n) is 19.8. The van der Waals surface area contributed by atoms with Crippen LogP contribution in [0.2, 0.25) is 0 Å². The third-order valence-electron chi connectivity index (χ3n) is 11.4. The van der Waals surface area contributed by atoms with Crippen molar-refractivity contribution in [1.29, 1.82) is 0 Å². The number of fused-ring (bicyclic) bond motifs is 5. The molecule has 0 atom stereocenters. The third-order valence-corrected chi connectivity index (χ3v) is 12.6. The molecule has 0 spiro atoms. The Balaban J connectivity index is 1.02. The molecule has 11 aromatic rings. The van der Waals surface area contributed by atoms with Gasteiger partial charge in [-0.3, -0.25) is 0 Å². The summed E-state index contributed by atoms with van der Waals surface area (Å²) in [7, 11) is 0. The van der Waals surface area contributed by atoms with Crippen LogP contribution in [0.4, 0.5) is 17.1 Å². The number of rotatable bonds is 7. The highest BCUT2D eigenvalue weighted by molar-refractivity contribution is 7.26. The molecule has 0 N–H and O–H groups in total. The molecule has 0 aliphatic heterocycles. The lowest BCUT2D eigenvalue weighted by Gasteiger charge is -2.28. The molecule has 0 aliphatic carbocycles. The van der Waals surface area contributed by atoms with Crippen molar-refractivity contribution in [3.05, 3.63) is 224 Å². The summed E-state index contributed by atoms with van der Waals surface area (Å²) in [6, 6.07) is 82.0. The molecule has 0 saturated heterocycles. The van der Waals surface area contributed by atoms with E-state index in [-0.39, 0.29) is 0 Å². The van der Waals surface area contributed by atoms with Gasteiger partial charge in [0.1, 0.15) is 0 Å². The second-order valence-corrected chi connectivity index (χ2v) is 16.0. The Bertz CT molecular complexity index is 3300. The topological polar surface area (TPSA) is 3.24 Å². The zero-order valence-electron chi connectivity index (χ0n) is 31.7. The van der Waals surface area contributed by atoms with Crippen molar-refractivity contribution in [2.24, 2.45) is 0 Å². The first-order valence-corrected chi connectivity index (χ1v) is 20.6. The van der Waals surface area contributed by atoms with Crippen molar-refractivity contribution in [2.75, 3.05) is 4.90 Å². The van der Waals surface area contributed by atoms with Gasteiger partial charge in [-0.1, -0.05) is 170 Å². The first kappa shape index (κ1) is 34.0. The maximum absolute atomic E-state index is 2.41. The molecule has 58 heavy (non-hydrogen) atoms. The average molecular weight is 756 g/mol. The summed E-state index contributed by atoms with van der Waals surface area (Å²) in [5.41, 5.74) is 13.0. The van der Waals surface area contributed by atoms with Crippen LogP contribution in [0, 0.1) is 0 Å². The van der Waals surface area contributed by atoms with Gasteiger partial charge in [-0.2, -0.15) is 0 Å². The second kappa shape index (κ2) is 14.4. The Hall–Kier alpha value is -7.26. The molecule has 0 radical (unpaired) electrons. The lowest BCUT2D eigenvalue weighted by molar-refractivity contribution is 1.28. The van der Waals surface area contributed by atoms with Gasteiger partial charge in [0.15, 0.2) is 0 Å². The van der Waals surface area contributed by atoms with E-state index in [1.807, 2.05) is 11.3 Å². The highest BCUT2D eigenvalue weighted by atomic mass is 32.1. The van der Waals surface area contributed by atoms with Crippen LogP contribution < -0.4 is 4.90 Å². The Morgan fingerprint density at radius 2 is 0.828 bits per heavy atom. The van der Waals surface area contributed by atoms with Crippen molar-refractivity contribution < 1.29 is 0 Å². The van der Waals surface area contributed by atoms with Gasteiger partial charge < -0.3 is 4.90 Å². The number of anilines is 3. The minimum absolute atomic E-state index is 1.10. The predicted octanol–water partition coefficient (Wildman–Crippen LogP) is 16.5. The van der Waals surface area contributed by atoms with Gasteiger partial charge in [-0.25, -0.2) is 0 Å². The highest BCUT2D eigenvalue weighted by Gasteiger charge is 2.19. The molecule has 11 rings (SSSR count). The fourth-order valence-corrected chi connectivity index (χ4v) is 9.77. The Kier molecular flexibility index (Phi) is 8.42. The summed E-state index contributed by atoms with van der Waals surface area (Å²) in [4.78, 5) is 2.41. The van der Waals surface area contributed by atoms with E-state index in [1.165, 1.54) is 86.2 Å². The van der Waals surface area contributed by atoms with Crippen LogP contribution in [0.1, 0.15) is 0 Å². The maximum Gasteiger partial charge on any atom is 0.0540 e. The molecule has 1 aromatic heterocycles. The standard InChI is InChI=1S/C56H37NS/c1-3-14-41-34-45(28-26-38(41)12-1)44-17-10-19-49(37-44)57(54-24-7-5-20-50(54)47-29-27-39-13-2-4-15-42(39)36-47)48-32-30-40(31-33-48)43-16-9-18-46(35-43)51-22-11-23-53-52-21-6-8-25-55(52)58-56(51)53/h1-37H. The van der Waals surface area contributed by atoms with Crippen molar-refractivity contribution in [2.45, 2.75) is 0 Å². The molecular formula is C56H37NS. The predicted molar refractivity (Wildman–Crippen MR) is 251 cm³/mol. The third kappa shape index (κ3) is 6.12. The minimum Gasteiger partial charge on any atom is -0.310 e. The largest absolute Gasteiger partial charge is 0.310 e. The lowest BCUT2D eigenvalue weighted by Crippen LogP contribution is -2.11. The molecule has 0 aliphatic rings. The van der Waals surface area contributed by atoms with Crippen molar-refractivity contribution in [3.63, 3.8) is 0 Å². The number of hydrogen-bond acceptors (Lipinski definition) is 2. The number of nitrogens with zero attached hydrogens (tertiary/aromatic N) is 1. The molecule has 1 nitrogen and oxygen atoms in total. The quantitative estimate of drug-likeness (QED) is 0.157. The normalized spacial score (nSPS) is 11.4. The highest BCUT2D eigenvalue weighted by Crippen LogP contribution is 2.44. The molecule has 10 aromatic carbocycles. The average Bonchev–Trinajstić information content (AvgIpc) is 3.68. The van der Waals surface area contributed by atoms with Gasteiger partial charge in [-0.15, -0.1) is 11.3 Å². The summed E-state index contributed by atoms with van der Waals surface area (Å²) in [6.45, 7) is 0. The van der Waals surface area contributed by atoms with E-state index in [2.05, 4.69) is 229 Å². The fourth-order valence-electron chi connectivity index (χ4n) is 8.53. The van der Waals surface area contributed by atoms with Gasteiger partial charge in [0.25, 0.3) is 0 Å². The molecule has 0 bridgehead atoms. The van der Waals surface area contributed by atoms with Crippen LogP contribution in [-0.2, 0) is 0 Å². The Labute approximate surface area is 342 Å². The van der Waals surface area contributed by atoms with Gasteiger partial charge in [0, 0.05) is 37.1 Å². The zero-order chi connectivity index (χ0) is 38.4. The van der Waals surface area contributed by atoms with E-state index in [0.29, 0.717) is 0 Å². The number of benzene rings is 10. The Morgan fingerprint density at radius 1 is 0.293 bits per heavy atom. The van der Waals surface area contributed by atoms with Crippen molar-refractivity contribution >= 4 is 70.1 Å². The van der Waals surface area contributed by atoms with Crippen LogP contribution in [0.5, 0.6) is 0 Å². The smallest absolute Gasteiger partial charge is 0.0540 e. The van der Waals surface area contributed by atoms with E-state index in [4.69, 9.17) is 0 Å². The summed E-state index contributed by atoms with van der Waals surface area (Å²) < 4.78 is 2.66. The molecule has 0 unspecified atom stereocenters. The van der Waals surface area contributed by atoms with Crippen LogP contribution >= 0.6 is 11.3 Å². The molecule has 1 heterocycles. The summed E-state index contributed by atoms with van der Waals surface area (Å²) in [5.74, 6) is 0. The minimum atomic E-state index is 1.10. The molecule has 0 fully saturated rings. The van der Waals surface area contributed by atoms with E-state index in [1.54, 1.807) is 0 Å². The van der Waals surface area contributed by atoms with Gasteiger partial charge in [0.2, 0.25) is 0 Å². The molecule has 272 valence electrons. The van der Waals surface area contributed by atoms with Crippen molar-refractivity contribution in [3.8, 4) is 44.5 Å². The second-order valence-electron chi connectivity index (χ2n) is 14.9. The fraction of sp³-hybridized carbons (Fsp3) is 0. The molecule has 2 heteroatoms. The van der Waals surface area contributed by atoms with Gasteiger partial charge in [-0.05, 0) is 115 Å². The molecule has 0 saturated carbocycles. The maximum atomic E-state index is 2.41. The summed E-state index contributed by atoms with van der Waals surface area (Å²) >= 11 is 1.88. The van der Waals surface area contributed by atoms with E-state index >= 15 is 0 Å². The first-order chi connectivity index (χ1) is 28.7. The number of para-hydroxylation sites is 1. The SMILES string of the molecule is c1cc(-c2ccc(N(c3cccc(-c4ccc5ccccc5c4)c3)c3ccccc3-c3ccc4ccccc4c3)cc2)cc(-c2cccc3c2sc2ccccc23)c1. The van der Waals surface area contributed by atoms with E-state index in [9.17, 15) is 0 Å². The van der Waals surface area contributed by atoms with Gasteiger partial charge >= 0.3 is 0 Å². The van der Waals surface area contributed by atoms with E-state index < -0.39 is 0 Å². The van der Waals surface area contributed by atoms with Crippen LogP contribution in [-0.4, -0.2) is 0 Å². The Morgan fingerprint density at radius 3 is 1.64 bits per heavy atom. The number of hydrogen-bond donors (Lipinski definition) is 0. The zero-order valence-corrected chi connectivity index (χ0v) is 32.5. The summed E-state index contributed by atoms with van der Waals surface area (Å²) in [5, 5.41) is 7.60. The van der Waals surface area contributed by atoms with E-state index in [0.717, 1.165) is 17.1 Å². The van der Waals surface area contributed by atoms with Crippen LogP contribution in [0.15, 0.2) is 224 Å². The molecule has 0 amide bonds. The summed E-state index contributed by atoms with van der Waals surface area (Å²) in [6.07, 6.45) is 0. The number of thiophene rings is 1. The van der Waals surface area contributed by atoms with Crippen LogP contribution in [0.25, 0.3) is 86.2 Å². The van der Waals surface area contributed by atoms with Crippen LogP contribution in [0.3, 0.4) is 0 Å². The van der Waals surface area contributed by atoms with Gasteiger partial charge in [0.05, 0.1) is 5.69 Å². The van der Waals surface area contributed by atoms with Crippen molar-refractivity contribution in [1.82, 2.24) is 0 Å². The monoisotopic (exact) mass is 755 g/mol.